The Kier molecular flexibility index (Phi) is 10.3. The molecule has 120 valence electrons. The molecule has 0 aromatic rings. The number of nitrogens with zero attached hydrogens (tertiary/aromatic N) is 1. The van der Waals surface area contributed by atoms with E-state index in [0.717, 1.165) is 44.9 Å². The van der Waals surface area contributed by atoms with Gasteiger partial charge in [0.05, 0.1) is 6.61 Å². The summed E-state index contributed by atoms with van der Waals surface area (Å²) in [4.78, 5) is 2.48. The van der Waals surface area contributed by atoms with Crippen molar-refractivity contribution in [2.75, 3.05) is 47.1 Å². The van der Waals surface area contributed by atoms with Crippen molar-refractivity contribution in [3.63, 3.8) is 0 Å². The molecule has 0 heterocycles. The van der Waals surface area contributed by atoms with Gasteiger partial charge in [-0.3, -0.25) is 0 Å². The highest BCUT2D eigenvalue weighted by molar-refractivity contribution is 4.81. The molecule has 1 N–H and O–H groups in total. The third kappa shape index (κ3) is 7.58. The van der Waals surface area contributed by atoms with E-state index in [2.05, 4.69) is 24.2 Å². The zero-order valence-electron chi connectivity index (χ0n) is 13.7. The SMILES string of the molecule is CCCNC1CCC(N(C)CCOCCCOC)CC1. The average Bonchev–Trinajstić information content (AvgIpc) is 2.49. The first-order valence-electron chi connectivity index (χ1n) is 8.28. The third-order valence-corrected chi connectivity index (χ3v) is 4.23. The summed E-state index contributed by atoms with van der Waals surface area (Å²) in [5, 5.41) is 3.65. The molecule has 0 unspecified atom stereocenters. The molecule has 1 saturated carbocycles. The summed E-state index contributed by atoms with van der Waals surface area (Å²) in [6, 6.07) is 1.50. The molecule has 0 bridgehead atoms. The van der Waals surface area contributed by atoms with Gasteiger partial charge in [0.15, 0.2) is 0 Å². The first kappa shape index (κ1) is 17.9. The molecule has 20 heavy (non-hydrogen) atoms. The molecule has 4 nitrogen and oxygen atoms in total. The molecule has 0 aromatic carbocycles. The summed E-state index contributed by atoms with van der Waals surface area (Å²) >= 11 is 0. The molecule has 1 rings (SSSR count). The van der Waals surface area contributed by atoms with Crippen LogP contribution in [0.4, 0.5) is 0 Å². The minimum Gasteiger partial charge on any atom is -0.385 e. The lowest BCUT2D eigenvalue weighted by atomic mass is 9.90. The number of methoxy groups -OCH3 is 1. The second-order valence-corrected chi connectivity index (χ2v) is 5.90. The minimum atomic E-state index is 0.747. The maximum absolute atomic E-state index is 5.64. The lowest BCUT2D eigenvalue weighted by Crippen LogP contribution is -2.42. The molecule has 0 radical (unpaired) electrons. The Balaban J connectivity index is 2.02. The summed E-state index contributed by atoms with van der Waals surface area (Å²) in [6.45, 7) is 6.90. The van der Waals surface area contributed by atoms with E-state index in [-0.39, 0.29) is 0 Å². The van der Waals surface area contributed by atoms with E-state index >= 15 is 0 Å². The molecule has 4 heteroatoms. The van der Waals surface area contributed by atoms with Crippen LogP contribution in [0.3, 0.4) is 0 Å². The van der Waals surface area contributed by atoms with Gasteiger partial charge in [0.1, 0.15) is 0 Å². The Morgan fingerprint density at radius 1 is 1.10 bits per heavy atom. The minimum absolute atomic E-state index is 0.747. The van der Waals surface area contributed by atoms with Crippen LogP contribution in [0, 0.1) is 0 Å². The maximum Gasteiger partial charge on any atom is 0.0593 e. The second kappa shape index (κ2) is 11.5. The van der Waals surface area contributed by atoms with Gasteiger partial charge in [-0.15, -0.1) is 0 Å². The van der Waals surface area contributed by atoms with Crippen molar-refractivity contribution >= 4 is 0 Å². The van der Waals surface area contributed by atoms with E-state index in [1.807, 2.05) is 0 Å². The number of hydrogen-bond donors (Lipinski definition) is 1. The van der Waals surface area contributed by atoms with E-state index in [1.54, 1.807) is 7.11 Å². The molecular weight excluding hydrogens is 252 g/mol. The largest absolute Gasteiger partial charge is 0.385 e. The van der Waals surface area contributed by atoms with Gasteiger partial charge < -0.3 is 19.7 Å². The summed E-state index contributed by atoms with van der Waals surface area (Å²) in [5.41, 5.74) is 0. The van der Waals surface area contributed by atoms with Crippen LogP contribution in [0.5, 0.6) is 0 Å². The molecule has 1 aliphatic carbocycles. The van der Waals surface area contributed by atoms with Gasteiger partial charge in [-0.1, -0.05) is 6.92 Å². The molecule has 1 fully saturated rings. The summed E-state index contributed by atoms with van der Waals surface area (Å²) in [5.74, 6) is 0. The zero-order valence-corrected chi connectivity index (χ0v) is 13.7. The first-order chi connectivity index (χ1) is 9.77. The Morgan fingerprint density at radius 3 is 2.50 bits per heavy atom. The van der Waals surface area contributed by atoms with Crippen LogP contribution < -0.4 is 5.32 Å². The van der Waals surface area contributed by atoms with Gasteiger partial charge in [-0.2, -0.15) is 0 Å². The third-order valence-electron chi connectivity index (χ3n) is 4.23. The normalized spacial score (nSPS) is 23.4. The van der Waals surface area contributed by atoms with Crippen molar-refractivity contribution in [1.29, 1.82) is 0 Å². The number of rotatable bonds is 11. The predicted molar refractivity (Wildman–Crippen MR) is 84.3 cm³/mol. The second-order valence-electron chi connectivity index (χ2n) is 5.90. The Labute approximate surface area is 125 Å². The van der Waals surface area contributed by atoms with Crippen LogP contribution in [-0.2, 0) is 9.47 Å². The quantitative estimate of drug-likeness (QED) is 0.591. The zero-order chi connectivity index (χ0) is 14.6. The fourth-order valence-electron chi connectivity index (χ4n) is 2.87. The van der Waals surface area contributed by atoms with E-state index in [4.69, 9.17) is 9.47 Å². The summed E-state index contributed by atoms with van der Waals surface area (Å²) in [7, 11) is 3.97. The summed E-state index contributed by atoms with van der Waals surface area (Å²) in [6.07, 6.45) is 7.52. The molecule has 0 saturated heterocycles. The number of nitrogens with one attached hydrogen (secondary N) is 1. The number of likely N-dealkylation sites (N-methyl/N-ethyl adjacent to an activating group) is 1. The molecule has 0 amide bonds. The fourth-order valence-corrected chi connectivity index (χ4v) is 2.87. The smallest absolute Gasteiger partial charge is 0.0593 e. The molecule has 0 aromatic heterocycles. The summed E-state index contributed by atoms with van der Waals surface area (Å²) < 4.78 is 10.6. The van der Waals surface area contributed by atoms with Gasteiger partial charge in [0.2, 0.25) is 0 Å². The average molecular weight is 286 g/mol. The fraction of sp³-hybridized carbons (Fsp3) is 1.00. The Hall–Kier alpha value is -0.160. The van der Waals surface area contributed by atoms with Crippen molar-refractivity contribution in [2.24, 2.45) is 0 Å². The van der Waals surface area contributed by atoms with E-state index in [1.165, 1.54) is 38.6 Å². The van der Waals surface area contributed by atoms with Crippen molar-refractivity contribution in [1.82, 2.24) is 10.2 Å². The molecule has 0 spiro atoms. The number of hydrogen-bond acceptors (Lipinski definition) is 4. The van der Waals surface area contributed by atoms with Crippen LogP contribution in [0.1, 0.15) is 45.4 Å². The number of ether oxygens (including phenoxy) is 2. The Morgan fingerprint density at radius 2 is 1.85 bits per heavy atom. The van der Waals surface area contributed by atoms with E-state index in [9.17, 15) is 0 Å². The van der Waals surface area contributed by atoms with Crippen LogP contribution in [0.25, 0.3) is 0 Å². The molecular formula is C16H34N2O2. The maximum atomic E-state index is 5.64. The Bertz CT molecular complexity index is 219. The topological polar surface area (TPSA) is 33.7 Å². The molecule has 0 atom stereocenters. The van der Waals surface area contributed by atoms with Crippen LogP contribution in [0.15, 0.2) is 0 Å². The van der Waals surface area contributed by atoms with Crippen LogP contribution in [0.2, 0.25) is 0 Å². The van der Waals surface area contributed by atoms with Crippen molar-refractivity contribution < 1.29 is 9.47 Å². The van der Waals surface area contributed by atoms with Crippen LogP contribution >= 0.6 is 0 Å². The standard InChI is InChI=1S/C16H34N2O2/c1-4-10-17-15-6-8-16(9-7-15)18(2)11-14-20-13-5-12-19-3/h15-17H,4-14H2,1-3H3. The lowest BCUT2D eigenvalue weighted by Gasteiger charge is -2.35. The highest BCUT2D eigenvalue weighted by atomic mass is 16.5. The lowest BCUT2D eigenvalue weighted by molar-refractivity contribution is 0.0729. The van der Waals surface area contributed by atoms with Gasteiger partial charge >= 0.3 is 0 Å². The van der Waals surface area contributed by atoms with E-state index in [0.29, 0.717) is 0 Å². The van der Waals surface area contributed by atoms with Crippen molar-refractivity contribution in [3.05, 3.63) is 0 Å². The van der Waals surface area contributed by atoms with E-state index < -0.39 is 0 Å². The highest BCUT2D eigenvalue weighted by Crippen LogP contribution is 2.22. The monoisotopic (exact) mass is 286 g/mol. The van der Waals surface area contributed by atoms with Gasteiger partial charge in [-0.05, 0) is 52.1 Å². The van der Waals surface area contributed by atoms with Crippen molar-refractivity contribution in [2.45, 2.75) is 57.5 Å². The van der Waals surface area contributed by atoms with Crippen molar-refractivity contribution in [3.8, 4) is 0 Å². The molecule has 0 aliphatic heterocycles. The van der Waals surface area contributed by atoms with Gasteiger partial charge in [0.25, 0.3) is 0 Å². The highest BCUT2D eigenvalue weighted by Gasteiger charge is 2.23. The van der Waals surface area contributed by atoms with Gasteiger partial charge in [-0.25, -0.2) is 0 Å². The molecule has 1 aliphatic rings. The van der Waals surface area contributed by atoms with Gasteiger partial charge in [0, 0.05) is 39.0 Å². The predicted octanol–water partition coefficient (Wildman–Crippen LogP) is 2.28. The van der Waals surface area contributed by atoms with Crippen LogP contribution in [-0.4, -0.2) is 64.1 Å². The first-order valence-corrected chi connectivity index (χ1v) is 8.28.